The van der Waals surface area contributed by atoms with E-state index in [1.165, 1.54) is 19.3 Å². The van der Waals surface area contributed by atoms with Gasteiger partial charge in [0.2, 0.25) is 0 Å². The zero-order valence-electron chi connectivity index (χ0n) is 12.3. The van der Waals surface area contributed by atoms with Crippen LogP contribution in [-0.4, -0.2) is 29.0 Å². The first-order chi connectivity index (χ1) is 9.33. The number of ether oxygens (including phenoxy) is 1. The van der Waals surface area contributed by atoms with Gasteiger partial charge in [0.05, 0.1) is 17.8 Å². The Kier molecular flexibility index (Phi) is 5.86. The molecule has 19 heavy (non-hydrogen) atoms. The topological polar surface area (TPSA) is 39.1 Å². The van der Waals surface area contributed by atoms with Crippen LogP contribution in [0.25, 0.3) is 0 Å². The fourth-order valence-electron chi connectivity index (χ4n) is 2.67. The maximum Gasteiger partial charge on any atom is 0.0762 e. The SMILES string of the molecule is CCC(CC)n1ccc(CNCC2CCCCO2)n1. The summed E-state index contributed by atoms with van der Waals surface area (Å²) in [4.78, 5) is 0. The Morgan fingerprint density at radius 2 is 2.26 bits per heavy atom. The fourth-order valence-corrected chi connectivity index (χ4v) is 2.67. The quantitative estimate of drug-likeness (QED) is 0.824. The minimum Gasteiger partial charge on any atom is -0.377 e. The van der Waals surface area contributed by atoms with Gasteiger partial charge in [-0.15, -0.1) is 0 Å². The van der Waals surface area contributed by atoms with Gasteiger partial charge in [-0.1, -0.05) is 13.8 Å². The minimum atomic E-state index is 0.398. The van der Waals surface area contributed by atoms with E-state index in [9.17, 15) is 0 Å². The van der Waals surface area contributed by atoms with E-state index in [2.05, 4.69) is 41.2 Å². The van der Waals surface area contributed by atoms with Crippen molar-refractivity contribution < 1.29 is 4.74 Å². The zero-order chi connectivity index (χ0) is 13.5. The van der Waals surface area contributed by atoms with Gasteiger partial charge in [-0.3, -0.25) is 4.68 Å². The normalized spacial score (nSPS) is 20.1. The predicted molar refractivity (Wildman–Crippen MR) is 77.1 cm³/mol. The van der Waals surface area contributed by atoms with Crippen LogP contribution >= 0.6 is 0 Å². The molecule has 108 valence electrons. The fraction of sp³-hybridized carbons (Fsp3) is 0.800. The van der Waals surface area contributed by atoms with Gasteiger partial charge in [-0.05, 0) is 38.2 Å². The molecule has 0 bridgehead atoms. The molecule has 1 unspecified atom stereocenters. The van der Waals surface area contributed by atoms with Gasteiger partial charge in [0.1, 0.15) is 0 Å². The summed E-state index contributed by atoms with van der Waals surface area (Å²) in [6, 6.07) is 2.66. The summed E-state index contributed by atoms with van der Waals surface area (Å²) in [5.41, 5.74) is 1.13. The highest BCUT2D eigenvalue weighted by molar-refractivity contribution is 4.99. The molecule has 4 nitrogen and oxygen atoms in total. The lowest BCUT2D eigenvalue weighted by atomic mass is 10.1. The van der Waals surface area contributed by atoms with Crippen LogP contribution in [0.15, 0.2) is 12.3 Å². The largest absolute Gasteiger partial charge is 0.377 e. The van der Waals surface area contributed by atoms with Crippen molar-refractivity contribution in [2.24, 2.45) is 0 Å². The number of aromatic nitrogens is 2. The molecule has 1 aromatic heterocycles. The van der Waals surface area contributed by atoms with Crippen LogP contribution < -0.4 is 5.32 Å². The van der Waals surface area contributed by atoms with Crippen LogP contribution in [0.4, 0.5) is 0 Å². The van der Waals surface area contributed by atoms with E-state index in [1.807, 2.05) is 0 Å². The number of rotatable bonds is 7. The first-order valence-electron chi connectivity index (χ1n) is 7.69. The zero-order valence-corrected chi connectivity index (χ0v) is 12.3. The summed E-state index contributed by atoms with van der Waals surface area (Å²) in [5, 5.41) is 8.11. The molecule has 1 saturated heterocycles. The molecular weight excluding hydrogens is 238 g/mol. The van der Waals surface area contributed by atoms with E-state index in [-0.39, 0.29) is 0 Å². The van der Waals surface area contributed by atoms with Gasteiger partial charge < -0.3 is 10.1 Å². The molecule has 1 aromatic rings. The first kappa shape index (κ1) is 14.5. The molecular formula is C15H27N3O. The minimum absolute atomic E-state index is 0.398. The number of hydrogen-bond acceptors (Lipinski definition) is 3. The van der Waals surface area contributed by atoms with Gasteiger partial charge in [0, 0.05) is 25.9 Å². The Morgan fingerprint density at radius 3 is 2.95 bits per heavy atom. The Labute approximate surface area is 116 Å². The smallest absolute Gasteiger partial charge is 0.0762 e. The van der Waals surface area contributed by atoms with Gasteiger partial charge in [-0.2, -0.15) is 5.10 Å². The lowest BCUT2D eigenvalue weighted by molar-refractivity contribution is 0.0167. The molecule has 1 N–H and O–H groups in total. The van der Waals surface area contributed by atoms with Crippen LogP contribution in [0.2, 0.25) is 0 Å². The summed E-state index contributed by atoms with van der Waals surface area (Å²) in [5.74, 6) is 0. The van der Waals surface area contributed by atoms with Crippen molar-refractivity contribution in [3.63, 3.8) is 0 Å². The van der Waals surface area contributed by atoms with Crippen LogP contribution in [-0.2, 0) is 11.3 Å². The lowest BCUT2D eigenvalue weighted by Gasteiger charge is -2.22. The summed E-state index contributed by atoms with van der Waals surface area (Å²) < 4.78 is 7.81. The average molecular weight is 265 g/mol. The first-order valence-corrected chi connectivity index (χ1v) is 7.69. The Morgan fingerprint density at radius 1 is 1.42 bits per heavy atom. The second kappa shape index (κ2) is 7.65. The van der Waals surface area contributed by atoms with Crippen LogP contribution in [0, 0.1) is 0 Å². The van der Waals surface area contributed by atoms with Crippen molar-refractivity contribution in [1.82, 2.24) is 15.1 Å². The summed E-state index contributed by atoms with van der Waals surface area (Å²) >= 11 is 0. The highest BCUT2D eigenvalue weighted by atomic mass is 16.5. The van der Waals surface area contributed by atoms with Crippen LogP contribution in [0.3, 0.4) is 0 Å². The van der Waals surface area contributed by atoms with Gasteiger partial charge in [0.15, 0.2) is 0 Å². The molecule has 1 atom stereocenters. The van der Waals surface area contributed by atoms with Gasteiger partial charge in [0.25, 0.3) is 0 Å². The molecule has 1 aliphatic rings. The van der Waals surface area contributed by atoms with Crippen molar-refractivity contribution in [3.05, 3.63) is 18.0 Å². The van der Waals surface area contributed by atoms with Crippen molar-refractivity contribution in [2.45, 2.75) is 64.6 Å². The molecule has 0 spiro atoms. The molecule has 0 aliphatic carbocycles. The maximum absolute atomic E-state index is 5.71. The number of hydrogen-bond donors (Lipinski definition) is 1. The van der Waals surface area contributed by atoms with E-state index < -0.39 is 0 Å². The summed E-state index contributed by atoms with van der Waals surface area (Å²) in [7, 11) is 0. The van der Waals surface area contributed by atoms with Crippen molar-refractivity contribution in [3.8, 4) is 0 Å². The highest BCUT2D eigenvalue weighted by Gasteiger charge is 2.13. The van der Waals surface area contributed by atoms with Crippen LogP contribution in [0.5, 0.6) is 0 Å². The van der Waals surface area contributed by atoms with Crippen LogP contribution in [0.1, 0.15) is 57.7 Å². The molecule has 1 aliphatic heterocycles. The molecule has 2 heterocycles. The third-order valence-electron chi connectivity index (χ3n) is 3.93. The van der Waals surface area contributed by atoms with Gasteiger partial charge in [-0.25, -0.2) is 0 Å². The highest BCUT2D eigenvalue weighted by Crippen LogP contribution is 2.15. The van der Waals surface area contributed by atoms with Gasteiger partial charge >= 0.3 is 0 Å². The maximum atomic E-state index is 5.71. The van der Waals surface area contributed by atoms with E-state index >= 15 is 0 Å². The second-order valence-electron chi connectivity index (χ2n) is 5.38. The number of nitrogens with one attached hydrogen (secondary N) is 1. The Balaban J connectivity index is 1.73. The second-order valence-corrected chi connectivity index (χ2v) is 5.38. The number of nitrogens with zero attached hydrogens (tertiary/aromatic N) is 2. The predicted octanol–water partition coefficient (Wildman–Crippen LogP) is 2.90. The van der Waals surface area contributed by atoms with Crippen molar-refractivity contribution in [1.29, 1.82) is 0 Å². The molecule has 1 fully saturated rings. The average Bonchev–Trinajstić information content (AvgIpc) is 2.90. The van der Waals surface area contributed by atoms with E-state index in [1.54, 1.807) is 0 Å². The van der Waals surface area contributed by atoms with E-state index in [0.29, 0.717) is 12.1 Å². The van der Waals surface area contributed by atoms with Crippen molar-refractivity contribution in [2.75, 3.05) is 13.2 Å². The molecule has 0 aromatic carbocycles. The third-order valence-corrected chi connectivity index (χ3v) is 3.93. The van der Waals surface area contributed by atoms with E-state index in [0.717, 1.165) is 38.2 Å². The molecule has 4 heteroatoms. The molecule has 0 saturated carbocycles. The molecule has 0 radical (unpaired) electrons. The monoisotopic (exact) mass is 265 g/mol. The standard InChI is InChI=1S/C15H27N3O/c1-3-14(4-2)18-9-8-13(17-18)11-16-12-15-7-5-6-10-19-15/h8-9,14-16H,3-7,10-12H2,1-2H3. The summed E-state index contributed by atoms with van der Waals surface area (Å²) in [6.45, 7) is 7.14. The molecule has 2 rings (SSSR count). The lowest BCUT2D eigenvalue weighted by Crippen LogP contribution is -2.31. The molecule has 0 amide bonds. The Bertz CT molecular complexity index is 354. The summed E-state index contributed by atoms with van der Waals surface area (Å²) in [6.07, 6.45) is 8.49. The van der Waals surface area contributed by atoms with Crippen molar-refractivity contribution >= 4 is 0 Å². The van der Waals surface area contributed by atoms with E-state index in [4.69, 9.17) is 4.74 Å². The third kappa shape index (κ3) is 4.32. The Hall–Kier alpha value is -0.870.